The Bertz CT molecular complexity index is 231. The minimum atomic E-state index is -4.15. The molecule has 0 aromatic heterocycles. The summed E-state index contributed by atoms with van der Waals surface area (Å²) in [5, 5.41) is 0. The fraction of sp³-hybridized carbons (Fsp3) is 1.00. The Morgan fingerprint density at radius 1 is 1.28 bits per heavy atom. The molecular weight excluding hydrogens is 241 g/mol. The van der Waals surface area contributed by atoms with Crippen molar-refractivity contribution < 1.29 is 13.2 Å². The van der Waals surface area contributed by atoms with Crippen LogP contribution in [-0.2, 0) is 0 Å². The van der Waals surface area contributed by atoms with E-state index in [0.29, 0.717) is 19.0 Å². The highest BCUT2D eigenvalue weighted by Crippen LogP contribution is 2.30. The lowest BCUT2D eigenvalue weighted by Gasteiger charge is -2.32. The minimum absolute atomic E-state index is 0.0158. The van der Waals surface area contributed by atoms with Gasteiger partial charge in [0.1, 0.15) is 6.04 Å². The molecule has 2 atom stereocenters. The van der Waals surface area contributed by atoms with E-state index < -0.39 is 12.2 Å². The summed E-state index contributed by atoms with van der Waals surface area (Å²) in [6, 6.07) is -1.34. The average Bonchev–Trinajstić information content (AvgIpc) is 2.50. The van der Waals surface area contributed by atoms with Crippen molar-refractivity contribution >= 4 is 0 Å². The number of likely N-dealkylation sites (tertiary alicyclic amines) is 1. The predicted molar refractivity (Wildman–Crippen MR) is 67.3 cm³/mol. The zero-order valence-corrected chi connectivity index (χ0v) is 11.2. The summed E-state index contributed by atoms with van der Waals surface area (Å²) in [5.74, 6) is 0.603. The van der Waals surface area contributed by atoms with Crippen molar-refractivity contribution in [2.75, 3.05) is 19.6 Å². The fourth-order valence-electron chi connectivity index (χ4n) is 2.91. The Hall–Kier alpha value is -0.290. The highest BCUT2D eigenvalue weighted by molar-refractivity contribution is 4.82. The van der Waals surface area contributed by atoms with Crippen LogP contribution in [0.1, 0.15) is 45.4 Å². The molecule has 0 amide bonds. The molecule has 108 valence electrons. The van der Waals surface area contributed by atoms with Gasteiger partial charge in [0, 0.05) is 0 Å². The van der Waals surface area contributed by atoms with Gasteiger partial charge in [-0.1, -0.05) is 19.8 Å². The van der Waals surface area contributed by atoms with Crippen LogP contribution in [0.3, 0.4) is 0 Å². The minimum Gasteiger partial charge on any atom is -0.330 e. The first-order chi connectivity index (χ1) is 8.49. The van der Waals surface area contributed by atoms with Gasteiger partial charge < -0.3 is 5.73 Å². The smallest absolute Gasteiger partial charge is 0.330 e. The molecule has 2 nitrogen and oxygen atoms in total. The molecule has 0 aromatic carbocycles. The van der Waals surface area contributed by atoms with Gasteiger partial charge in [-0.05, 0) is 51.2 Å². The summed E-state index contributed by atoms with van der Waals surface area (Å²) in [6.45, 7) is 3.36. The van der Waals surface area contributed by atoms with Crippen molar-refractivity contribution in [2.24, 2.45) is 11.7 Å². The molecule has 0 spiro atoms. The van der Waals surface area contributed by atoms with Crippen LogP contribution in [0.25, 0.3) is 0 Å². The van der Waals surface area contributed by atoms with Crippen molar-refractivity contribution in [2.45, 2.75) is 57.7 Å². The molecule has 1 aliphatic heterocycles. The lowest BCUT2D eigenvalue weighted by atomic mass is 9.96. The molecule has 0 radical (unpaired) electrons. The second-order valence-electron chi connectivity index (χ2n) is 5.26. The molecule has 2 unspecified atom stereocenters. The van der Waals surface area contributed by atoms with Gasteiger partial charge in [-0.3, -0.25) is 4.90 Å². The molecule has 2 N–H and O–H groups in total. The first-order valence-corrected chi connectivity index (χ1v) is 6.99. The van der Waals surface area contributed by atoms with E-state index in [-0.39, 0.29) is 13.0 Å². The predicted octanol–water partition coefficient (Wildman–Crippen LogP) is 3.17. The molecule has 1 fully saturated rings. The molecular formula is C13H25F3N2. The van der Waals surface area contributed by atoms with Crippen LogP contribution in [0, 0.1) is 5.92 Å². The zero-order chi connectivity index (χ0) is 13.6. The Kier molecular flexibility index (Phi) is 6.43. The third kappa shape index (κ3) is 4.76. The van der Waals surface area contributed by atoms with Crippen molar-refractivity contribution in [3.63, 3.8) is 0 Å². The summed E-state index contributed by atoms with van der Waals surface area (Å²) in [5.41, 5.74) is 5.32. The van der Waals surface area contributed by atoms with Gasteiger partial charge in [0.05, 0.1) is 0 Å². The van der Waals surface area contributed by atoms with Gasteiger partial charge in [-0.15, -0.1) is 0 Å². The monoisotopic (exact) mass is 266 g/mol. The molecule has 0 bridgehead atoms. The van der Waals surface area contributed by atoms with Gasteiger partial charge in [0.2, 0.25) is 0 Å². The molecule has 18 heavy (non-hydrogen) atoms. The van der Waals surface area contributed by atoms with Crippen LogP contribution in [-0.4, -0.2) is 36.8 Å². The lowest BCUT2D eigenvalue weighted by Crippen LogP contribution is -2.47. The third-order valence-electron chi connectivity index (χ3n) is 3.84. The average molecular weight is 266 g/mol. The Balaban J connectivity index is 2.58. The van der Waals surface area contributed by atoms with Gasteiger partial charge in [0.25, 0.3) is 0 Å². The van der Waals surface area contributed by atoms with Gasteiger partial charge >= 0.3 is 6.18 Å². The van der Waals surface area contributed by atoms with Crippen LogP contribution < -0.4 is 5.73 Å². The third-order valence-corrected chi connectivity index (χ3v) is 3.84. The molecule has 0 aromatic rings. The van der Waals surface area contributed by atoms with E-state index in [1.165, 1.54) is 0 Å². The normalized spacial score (nSPS) is 24.8. The van der Waals surface area contributed by atoms with Crippen molar-refractivity contribution in [1.29, 1.82) is 0 Å². The van der Waals surface area contributed by atoms with Crippen LogP contribution in [0.5, 0.6) is 0 Å². The summed E-state index contributed by atoms with van der Waals surface area (Å²) < 4.78 is 38.9. The maximum Gasteiger partial charge on any atom is 0.404 e. The van der Waals surface area contributed by atoms with Crippen LogP contribution in [0.2, 0.25) is 0 Å². The van der Waals surface area contributed by atoms with E-state index in [1.54, 1.807) is 4.90 Å². The van der Waals surface area contributed by atoms with E-state index in [1.807, 2.05) is 0 Å². The maximum atomic E-state index is 13.0. The first kappa shape index (κ1) is 15.8. The Morgan fingerprint density at radius 2 is 2.00 bits per heavy atom. The van der Waals surface area contributed by atoms with E-state index in [4.69, 9.17) is 5.73 Å². The van der Waals surface area contributed by atoms with E-state index in [0.717, 1.165) is 32.1 Å². The van der Waals surface area contributed by atoms with Gasteiger partial charge in [-0.2, -0.15) is 13.2 Å². The standard InChI is InChI=1S/C13H25F3N2/c1-2-4-11-5-3-9-18(10-7-11)12(6-8-17)13(14,15)16/h11-12H,2-10,17H2,1H3. The van der Waals surface area contributed by atoms with Crippen LogP contribution in [0.15, 0.2) is 0 Å². The van der Waals surface area contributed by atoms with Crippen LogP contribution in [0.4, 0.5) is 13.2 Å². The summed E-state index contributed by atoms with van der Waals surface area (Å²) in [4.78, 5) is 1.60. The molecule has 1 aliphatic rings. The van der Waals surface area contributed by atoms with Gasteiger partial charge in [0.15, 0.2) is 0 Å². The van der Waals surface area contributed by atoms with Crippen LogP contribution >= 0.6 is 0 Å². The number of alkyl halides is 3. The fourth-order valence-corrected chi connectivity index (χ4v) is 2.91. The van der Waals surface area contributed by atoms with Crippen molar-refractivity contribution in [3.8, 4) is 0 Å². The Labute approximate surface area is 108 Å². The van der Waals surface area contributed by atoms with Gasteiger partial charge in [-0.25, -0.2) is 0 Å². The van der Waals surface area contributed by atoms with E-state index in [2.05, 4.69) is 6.92 Å². The lowest BCUT2D eigenvalue weighted by molar-refractivity contribution is -0.184. The summed E-state index contributed by atoms with van der Waals surface area (Å²) >= 11 is 0. The first-order valence-electron chi connectivity index (χ1n) is 6.99. The SMILES string of the molecule is CCCC1CCCN(C(CCN)C(F)(F)F)CC1. The molecule has 1 rings (SSSR count). The summed E-state index contributed by atoms with van der Waals surface area (Å²) in [7, 11) is 0. The molecule has 0 saturated carbocycles. The highest BCUT2D eigenvalue weighted by atomic mass is 19.4. The number of hydrogen-bond acceptors (Lipinski definition) is 2. The number of halogens is 3. The second kappa shape index (κ2) is 7.34. The quantitative estimate of drug-likeness (QED) is 0.828. The van der Waals surface area contributed by atoms with E-state index in [9.17, 15) is 13.2 Å². The molecule has 1 saturated heterocycles. The molecule has 0 aliphatic carbocycles. The van der Waals surface area contributed by atoms with Crippen molar-refractivity contribution in [1.82, 2.24) is 4.90 Å². The Morgan fingerprint density at radius 3 is 2.56 bits per heavy atom. The number of rotatable bonds is 5. The maximum absolute atomic E-state index is 13.0. The molecule has 5 heteroatoms. The number of nitrogens with zero attached hydrogens (tertiary/aromatic N) is 1. The number of hydrogen-bond donors (Lipinski definition) is 1. The number of nitrogens with two attached hydrogens (primary N) is 1. The largest absolute Gasteiger partial charge is 0.404 e. The summed E-state index contributed by atoms with van der Waals surface area (Å²) in [6.07, 6.45) is 0.966. The second-order valence-corrected chi connectivity index (χ2v) is 5.26. The molecule has 1 heterocycles. The van der Waals surface area contributed by atoms with E-state index >= 15 is 0 Å². The highest BCUT2D eigenvalue weighted by Gasteiger charge is 2.43. The zero-order valence-electron chi connectivity index (χ0n) is 11.2. The topological polar surface area (TPSA) is 29.3 Å². The van der Waals surface area contributed by atoms with Crippen molar-refractivity contribution in [3.05, 3.63) is 0 Å².